The lowest BCUT2D eigenvalue weighted by Gasteiger charge is -2.09. The van der Waals surface area contributed by atoms with E-state index in [1.807, 2.05) is 0 Å². The Bertz CT molecular complexity index is 3020. The molecule has 614 valence electrons. The van der Waals surface area contributed by atoms with Crippen LogP contribution in [-0.2, 0) is 85.8 Å². The van der Waals surface area contributed by atoms with Gasteiger partial charge in [0.1, 0.15) is 23.0 Å². The summed E-state index contributed by atoms with van der Waals surface area (Å²) in [6, 6.07) is 19.6. The van der Waals surface area contributed by atoms with Crippen molar-refractivity contribution in [2.75, 3.05) is 79.3 Å². The molecule has 0 saturated heterocycles. The number of ether oxygens (including phenoxy) is 13. The van der Waals surface area contributed by atoms with Crippen LogP contribution in [0.3, 0.4) is 0 Å². The van der Waals surface area contributed by atoms with Crippen LogP contribution < -0.4 is 18.9 Å². The molecule has 0 aliphatic rings. The zero-order valence-electron chi connectivity index (χ0n) is 65.1. The summed E-state index contributed by atoms with van der Waals surface area (Å²) >= 11 is 0. The average Bonchev–Trinajstić information content (AvgIpc) is 0.860. The van der Waals surface area contributed by atoms with E-state index in [0.717, 1.165) is 109 Å². The number of hydrogen-bond donors (Lipinski definition) is 1. The monoisotopic (exact) mass is 1540 g/mol. The number of carbonyl (C=O) groups excluding carboxylic acids is 11. The Morgan fingerprint density at radius 2 is 0.427 bits per heavy atom. The van der Waals surface area contributed by atoms with Gasteiger partial charge in [-0.2, -0.15) is 0 Å². The maximum absolute atomic E-state index is 12.8. The molecule has 0 heterocycles. The van der Waals surface area contributed by atoms with E-state index in [9.17, 15) is 52.7 Å². The first kappa shape index (κ1) is 95.3. The molecule has 0 aliphatic heterocycles. The number of unbranched alkanes of at least 4 members (excludes halogenated alkanes) is 24. The molecule has 0 amide bonds. The highest BCUT2D eigenvalue weighted by Crippen LogP contribution is 2.23. The predicted octanol–water partition coefficient (Wildman–Crippen LogP) is 16.3. The highest BCUT2D eigenvalue weighted by atomic mass is 16.6. The van der Waals surface area contributed by atoms with E-state index < -0.39 is 17.9 Å². The summed E-state index contributed by atoms with van der Waals surface area (Å²) in [5.41, 5.74) is 0.700. The van der Waals surface area contributed by atoms with Crippen molar-refractivity contribution in [2.45, 2.75) is 270 Å². The lowest BCUT2D eigenvalue weighted by Crippen LogP contribution is -2.10. The number of benzene rings is 3. The summed E-state index contributed by atoms with van der Waals surface area (Å²) < 4.78 is 70.0. The average molecular weight is 1550 g/mol. The van der Waals surface area contributed by atoms with Gasteiger partial charge < -0.3 is 66.7 Å². The highest BCUT2D eigenvalue weighted by Gasteiger charge is 2.15. The first-order chi connectivity index (χ1) is 53.6. The second-order valence-corrected chi connectivity index (χ2v) is 26.9. The summed E-state index contributed by atoms with van der Waals surface area (Å²) in [6.45, 7) is 7.39. The van der Waals surface area contributed by atoms with E-state index in [0.29, 0.717) is 210 Å². The third-order valence-corrected chi connectivity index (χ3v) is 17.3. The molecular formula is C85H124O25. The van der Waals surface area contributed by atoms with E-state index in [1.54, 1.807) is 72.8 Å². The first-order valence-electron chi connectivity index (χ1n) is 40.3. The summed E-state index contributed by atoms with van der Waals surface area (Å²) in [5.74, 6) is -1.76. The summed E-state index contributed by atoms with van der Waals surface area (Å²) in [5, 5.41) is 8.77. The van der Waals surface area contributed by atoms with Gasteiger partial charge in [-0.3, -0.25) is 38.4 Å². The van der Waals surface area contributed by atoms with E-state index in [4.69, 9.17) is 66.7 Å². The fraction of sp³-hybridized carbons (Fsp3) is 0.635. The molecule has 0 radical (unpaired) electrons. The Balaban J connectivity index is 0.995. The molecule has 0 fully saturated rings. The molecular weight excluding hydrogens is 1420 g/mol. The minimum Gasteiger partial charge on any atom is -0.494 e. The van der Waals surface area contributed by atoms with Crippen LogP contribution in [0.2, 0.25) is 0 Å². The molecule has 3 rings (SSSR count). The van der Waals surface area contributed by atoms with Crippen molar-refractivity contribution in [3.63, 3.8) is 0 Å². The lowest BCUT2D eigenvalue weighted by molar-refractivity contribution is -0.146. The van der Waals surface area contributed by atoms with Crippen molar-refractivity contribution in [3.8, 4) is 23.0 Å². The molecule has 0 aliphatic carbocycles. The van der Waals surface area contributed by atoms with E-state index >= 15 is 0 Å². The van der Waals surface area contributed by atoms with Gasteiger partial charge in [0.2, 0.25) is 0 Å². The molecule has 0 aromatic heterocycles. The second kappa shape index (κ2) is 66.0. The Kier molecular flexibility index (Phi) is 57.2. The van der Waals surface area contributed by atoms with Crippen LogP contribution in [0.25, 0.3) is 0 Å². The molecule has 3 aromatic rings. The highest BCUT2D eigenvalue weighted by molar-refractivity contribution is 5.92. The van der Waals surface area contributed by atoms with Crippen LogP contribution in [0, 0.1) is 0 Å². The third kappa shape index (κ3) is 54.7. The van der Waals surface area contributed by atoms with Crippen LogP contribution in [0.15, 0.2) is 85.5 Å². The fourth-order valence-electron chi connectivity index (χ4n) is 10.8. The molecule has 0 bridgehead atoms. The zero-order valence-corrected chi connectivity index (χ0v) is 65.1. The van der Waals surface area contributed by atoms with Crippen LogP contribution in [0.1, 0.15) is 290 Å². The van der Waals surface area contributed by atoms with Crippen molar-refractivity contribution < 1.29 is 119 Å². The number of aliphatic hydroxyl groups excluding tert-OH is 1. The quantitative estimate of drug-likeness (QED) is 0.0180. The molecule has 0 saturated carbocycles. The van der Waals surface area contributed by atoms with Crippen LogP contribution in [-0.4, -0.2) is 150 Å². The summed E-state index contributed by atoms with van der Waals surface area (Å²) in [7, 11) is 0. The smallest absolute Gasteiger partial charge is 0.343 e. The Labute approximate surface area is 650 Å². The molecule has 0 spiro atoms. The van der Waals surface area contributed by atoms with Crippen molar-refractivity contribution in [1.29, 1.82) is 0 Å². The van der Waals surface area contributed by atoms with Gasteiger partial charge in [0.15, 0.2) is 0 Å². The van der Waals surface area contributed by atoms with Gasteiger partial charge in [0.25, 0.3) is 0 Å². The van der Waals surface area contributed by atoms with Crippen molar-refractivity contribution in [1.82, 2.24) is 0 Å². The first-order valence-corrected chi connectivity index (χ1v) is 40.3. The van der Waals surface area contributed by atoms with E-state index in [-0.39, 0.29) is 118 Å². The Morgan fingerprint density at radius 1 is 0.236 bits per heavy atom. The zero-order chi connectivity index (χ0) is 79.4. The number of aliphatic hydroxyl groups is 1. The molecule has 110 heavy (non-hydrogen) atoms. The fourth-order valence-corrected chi connectivity index (χ4v) is 10.8. The van der Waals surface area contributed by atoms with Crippen LogP contribution in [0.4, 0.5) is 0 Å². The Morgan fingerprint density at radius 3 is 0.655 bits per heavy atom. The normalized spacial score (nSPS) is 10.8. The number of carbonyl (C=O) groups is 11. The maximum atomic E-state index is 12.8. The van der Waals surface area contributed by atoms with Crippen LogP contribution >= 0.6 is 0 Å². The molecule has 3 aromatic carbocycles. The molecule has 25 nitrogen and oxygen atoms in total. The van der Waals surface area contributed by atoms with E-state index in [2.05, 4.69) is 6.58 Å². The largest absolute Gasteiger partial charge is 0.494 e. The molecule has 1 N–H and O–H groups in total. The number of hydrogen-bond acceptors (Lipinski definition) is 25. The van der Waals surface area contributed by atoms with Crippen LogP contribution in [0.5, 0.6) is 23.0 Å². The number of esters is 11. The topological polar surface area (TPSA) is 328 Å². The minimum atomic E-state index is -0.545. The SMILES string of the molecule is C=CC(=O)OCCCCCCOc1ccc(C(=O)Oc2ccc(OC(=O)c3ccc(OCCCCCCCCOC(=O)CCCCCOC(=O)CCCCCOC(=O)CCCCCOC(=O)CCCCCOC(=O)CCCCCOC(=O)CCCCCOC(=O)CCCCCOC(=O)CCCCCO)cc3)cc2)cc1. The summed E-state index contributed by atoms with van der Waals surface area (Å²) in [6.07, 6.45) is 29.0. The minimum absolute atomic E-state index is 0.129. The lowest BCUT2D eigenvalue weighted by atomic mass is 10.1. The Hall–Kier alpha value is -8.87. The van der Waals surface area contributed by atoms with Gasteiger partial charge in [-0.05, 0) is 259 Å². The number of rotatable bonds is 70. The van der Waals surface area contributed by atoms with Crippen molar-refractivity contribution in [3.05, 3.63) is 96.6 Å². The van der Waals surface area contributed by atoms with Crippen molar-refractivity contribution in [2.24, 2.45) is 0 Å². The van der Waals surface area contributed by atoms with Gasteiger partial charge >= 0.3 is 65.7 Å². The van der Waals surface area contributed by atoms with Gasteiger partial charge in [-0.1, -0.05) is 38.7 Å². The molecule has 0 atom stereocenters. The predicted molar refractivity (Wildman–Crippen MR) is 410 cm³/mol. The second-order valence-electron chi connectivity index (χ2n) is 26.9. The van der Waals surface area contributed by atoms with Crippen molar-refractivity contribution >= 4 is 65.7 Å². The van der Waals surface area contributed by atoms with Gasteiger partial charge in [0.05, 0.1) is 83.8 Å². The van der Waals surface area contributed by atoms with Gasteiger partial charge in [-0.25, -0.2) is 14.4 Å². The maximum Gasteiger partial charge on any atom is 0.343 e. The molecule has 25 heteroatoms. The van der Waals surface area contributed by atoms with Gasteiger partial charge in [-0.15, -0.1) is 0 Å². The standard InChI is InChI=1S/C85H124O25/c1-2-75(87)100-60-29-8-7-27-59-99-72-51-47-70(48-52-72)85(97)110-74-55-53-73(54-56-74)109-84(96)69-45-49-71(50-46-69)98-58-26-5-3-4-6-28-61-101-77(89)38-18-10-31-63-103-79(91)40-20-12-33-65-105-81(93)42-22-14-35-67-107-83(95)44-24-16-36-68-108-82(94)43-23-15-34-66-106-80(92)41-21-13-32-64-104-78(90)39-19-11-30-62-102-76(88)37-17-9-25-57-86/h2,45-56,86H,1,3-44,57-68H2. The summed E-state index contributed by atoms with van der Waals surface area (Å²) in [4.78, 5) is 133. The molecule has 0 unspecified atom stereocenters. The van der Waals surface area contributed by atoms with E-state index in [1.165, 1.54) is 0 Å². The van der Waals surface area contributed by atoms with Gasteiger partial charge in [0, 0.05) is 64.0 Å². The third-order valence-electron chi connectivity index (χ3n) is 17.3.